The Morgan fingerprint density at radius 3 is 2.82 bits per heavy atom. The van der Waals surface area contributed by atoms with Crippen LogP contribution in [0.2, 0.25) is 5.02 Å². The molecule has 0 fully saturated rings. The van der Waals surface area contributed by atoms with Crippen molar-refractivity contribution in [3.63, 3.8) is 0 Å². The van der Waals surface area contributed by atoms with Crippen molar-refractivity contribution in [2.24, 2.45) is 0 Å². The van der Waals surface area contributed by atoms with Gasteiger partial charge in [-0.05, 0) is 23.9 Å². The summed E-state index contributed by atoms with van der Waals surface area (Å²) in [7, 11) is 0. The van der Waals surface area contributed by atoms with E-state index in [4.69, 9.17) is 21.8 Å². The largest absolute Gasteiger partial charge is 0.421 e. The molecular weight excluding hydrogens is 458 g/mol. The summed E-state index contributed by atoms with van der Waals surface area (Å²) in [6, 6.07) is 8.63. The molecule has 4 aromatic heterocycles. The number of anilines is 2. The molecule has 5 rings (SSSR count). The lowest BCUT2D eigenvalue weighted by molar-refractivity contribution is 0.532. The fourth-order valence-electron chi connectivity index (χ4n) is 3.88. The smallest absolute Gasteiger partial charge is 0.265 e. The van der Waals surface area contributed by atoms with Crippen LogP contribution in [0.3, 0.4) is 0 Å². The van der Waals surface area contributed by atoms with Crippen LogP contribution in [0.4, 0.5) is 11.6 Å². The summed E-state index contributed by atoms with van der Waals surface area (Å²) in [6.07, 6.45) is 3.53. The number of rotatable bonds is 6. The van der Waals surface area contributed by atoms with Gasteiger partial charge in [0.05, 0.1) is 28.3 Å². The Bertz CT molecular complexity index is 1540. The van der Waals surface area contributed by atoms with E-state index in [0.29, 0.717) is 45.6 Å². The van der Waals surface area contributed by atoms with Gasteiger partial charge >= 0.3 is 0 Å². The van der Waals surface area contributed by atoms with E-state index in [9.17, 15) is 4.79 Å². The fourth-order valence-corrected chi connectivity index (χ4v) is 4.15. The summed E-state index contributed by atoms with van der Waals surface area (Å²) >= 11 is 6.39. The predicted octanol–water partition coefficient (Wildman–Crippen LogP) is 3.66. The Morgan fingerprint density at radius 2 is 2.12 bits per heavy atom. The molecule has 0 aliphatic heterocycles. The van der Waals surface area contributed by atoms with Crippen molar-refractivity contribution in [2.45, 2.75) is 26.3 Å². The van der Waals surface area contributed by atoms with Gasteiger partial charge in [0.1, 0.15) is 29.3 Å². The third-order valence-corrected chi connectivity index (χ3v) is 5.76. The van der Waals surface area contributed by atoms with Crippen molar-refractivity contribution >= 4 is 34.0 Å². The van der Waals surface area contributed by atoms with E-state index in [2.05, 4.69) is 35.7 Å². The van der Waals surface area contributed by atoms with Gasteiger partial charge in [0.25, 0.3) is 11.4 Å². The van der Waals surface area contributed by atoms with E-state index >= 15 is 0 Å². The molecule has 1 aromatic carbocycles. The number of H-pyrrole nitrogens is 1. The van der Waals surface area contributed by atoms with Crippen LogP contribution in [0.15, 0.2) is 52.1 Å². The molecule has 0 aliphatic carbocycles. The van der Waals surface area contributed by atoms with E-state index in [1.54, 1.807) is 29.8 Å². The molecule has 4 heterocycles. The third kappa shape index (κ3) is 3.65. The van der Waals surface area contributed by atoms with Crippen molar-refractivity contribution < 1.29 is 4.42 Å². The number of nitrogens with two attached hydrogens (primary N) is 1. The second-order valence-electron chi connectivity index (χ2n) is 7.57. The van der Waals surface area contributed by atoms with Crippen LogP contribution in [0.25, 0.3) is 28.0 Å². The van der Waals surface area contributed by atoms with Crippen molar-refractivity contribution in [1.29, 1.82) is 0 Å². The SMILES string of the molecule is CC[C@H](Nc1ncnc(N)c1-c1nnc(C)o1)c1cc2cccc(Cl)c2c(=O)n1-c1ccn[nH]1. The monoisotopic (exact) mass is 477 g/mol. The zero-order valence-electron chi connectivity index (χ0n) is 18.3. The first-order valence-corrected chi connectivity index (χ1v) is 10.9. The van der Waals surface area contributed by atoms with Crippen molar-refractivity contribution in [3.8, 4) is 17.3 Å². The summed E-state index contributed by atoms with van der Waals surface area (Å²) in [5.41, 5.74) is 6.94. The van der Waals surface area contributed by atoms with Crippen LogP contribution >= 0.6 is 11.6 Å². The van der Waals surface area contributed by atoms with Gasteiger partial charge in [-0.25, -0.2) is 9.97 Å². The number of aryl methyl sites for hydroxylation is 1. The van der Waals surface area contributed by atoms with Gasteiger partial charge < -0.3 is 15.5 Å². The van der Waals surface area contributed by atoms with Crippen molar-refractivity contribution in [3.05, 3.63) is 69.8 Å². The molecular formula is C22H20ClN9O2. The average Bonchev–Trinajstić information content (AvgIpc) is 3.49. The minimum atomic E-state index is -0.364. The van der Waals surface area contributed by atoms with Gasteiger partial charge in [0.15, 0.2) is 0 Å². The van der Waals surface area contributed by atoms with Gasteiger partial charge in [-0.3, -0.25) is 14.5 Å². The van der Waals surface area contributed by atoms with Gasteiger partial charge in [0.2, 0.25) is 5.89 Å². The summed E-state index contributed by atoms with van der Waals surface area (Å²) in [5, 5.41) is 19.7. The number of hydrogen-bond donors (Lipinski definition) is 3. The number of nitrogens with zero attached hydrogens (tertiary/aromatic N) is 6. The number of aromatic amines is 1. The van der Waals surface area contributed by atoms with Gasteiger partial charge in [0, 0.05) is 13.0 Å². The minimum absolute atomic E-state index is 0.187. The minimum Gasteiger partial charge on any atom is -0.421 e. The van der Waals surface area contributed by atoms with Crippen LogP contribution in [0.1, 0.15) is 31.0 Å². The number of nitrogens with one attached hydrogen (secondary N) is 2. The Kier molecular flexibility index (Phi) is 5.46. The maximum atomic E-state index is 13.6. The Morgan fingerprint density at radius 1 is 1.26 bits per heavy atom. The maximum absolute atomic E-state index is 13.6. The highest BCUT2D eigenvalue weighted by Crippen LogP contribution is 2.33. The van der Waals surface area contributed by atoms with Gasteiger partial charge in [-0.1, -0.05) is 30.7 Å². The molecule has 0 unspecified atom stereocenters. The number of benzene rings is 1. The molecule has 0 aliphatic rings. The highest BCUT2D eigenvalue weighted by atomic mass is 35.5. The second-order valence-corrected chi connectivity index (χ2v) is 7.98. The van der Waals surface area contributed by atoms with E-state index in [1.165, 1.54) is 6.33 Å². The highest BCUT2D eigenvalue weighted by molar-refractivity contribution is 6.35. The topological polar surface area (TPSA) is 153 Å². The molecule has 5 aromatic rings. The molecule has 0 radical (unpaired) electrons. The van der Waals surface area contributed by atoms with Crippen LogP contribution in [0, 0.1) is 6.92 Å². The molecule has 1 atom stereocenters. The molecule has 0 saturated carbocycles. The lowest BCUT2D eigenvalue weighted by Crippen LogP contribution is -2.27. The Hall–Kier alpha value is -4.25. The zero-order valence-corrected chi connectivity index (χ0v) is 19.0. The number of halogens is 1. The number of aromatic nitrogens is 7. The summed E-state index contributed by atoms with van der Waals surface area (Å²) in [5.74, 6) is 1.68. The molecule has 0 amide bonds. The van der Waals surface area contributed by atoms with Crippen LogP contribution in [-0.4, -0.2) is 34.9 Å². The first-order chi connectivity index (χ1) is 16.5. The Balaban J connectivity index is 1.69. The number of nitrogen functional groups attached to an aromatic ring is 1. The van der Waals surface area contributed by atoms with Gasteiger partial charge in [-0.15, -0.1) is 10.2 Å². The Labute approximate surface area is 198 Å². The average molecular weight is 478 g/mol. The van der Waals surface area contributed by atoms with Crippen LogP contribution < -0.4 is 16.6 Å². The molecule has 0 saturated heterocycles. The third-order valence-electron chi connectivity index (χ3n) is 5.44. The number of hydrogen-bond acceptors (Lipinski definition) is 9. The molecule has 12 heteroatoms. The van der Waals surface area contributed by atoms with Gasteiger partial charge in [-0.2, -0.15) is 5.10 Å². The molecule has 0 bridgehead atoms. The van der Waals surface area contributed by atoms with Crippen molar-refractivity contribution in [2.75, 3.05) is 11.1 Å². The summed E-state index contributed by atoms with van der Waals surface area (Å²) in [4.78, 5) is 22.1. The lowest BCUT2D eigenvalue weighted by Gasteiger charge is -2.23. The first-order valence-electron chi connectivity index (χ1n) is 10.5. The molecule has 11 nitrogen and oxygen atoms in total. The van der Waals surface area contributed by atoms with E-state index in [1.807, 2.05) is 25.1 Å². The van der Waals surface area contributed by atoms with Crippen LogP contribution in [0.5, 0.6) is 0 Å². The maximum Gasteiger partial charge on any atom is 0.265 e. The van der Waals surface area contributed by atoms with E-state index in [-0.39, 0.29) is 23.3 Å². The summed E-state index contributed by atoms with van der Waals surface area (Å²) < 4.78 is 7.14. The standard InChI is InChI=1S/C22H20ClN9O2/c1-3-14(28-20-18(19(24)25-10-26-20)21-31-29-11(2)34-21)15-9-12-5-4-6-13(23)17(12)22(33)32(15)16-7-8-27-30-16/h4-10,14H,3H2,1-2H3,(H,27,30)(H3,24,25,26,28)/t14-/m0/s1. The van der Waals surface area contributed by atoms with Crippen molar-refractivity contribution in [1.82, 2.24) is 34.9 Å². The summed E-state index contributed by atoms with van der Waals surface area (Å²) in [6.45, 7) is 3.67. The lowest BCUT2D eigenvalue weighted by atomic mass is 10.0. The zero-order chi connectivity index (χ0) is 23.8. The van der Waals surface area contributed by atoms with E-state index < -0.39 is 0 Å². The normalized spacial score (nSPS) is 12.2. The fraction of sp³-hybridized carbons (Fsp3) is 0.182. The van der Waals surface area contributed by atoms with E-state index in [0.717, 1.165) is 5.39 Å². The molecule has 172 valence electrons. The second kappa shape index (κ2) is 8.60. The molecule has 34 heavy (non-hydrogen) atoms. The number of pyridine rings is 1. The molecule has 4 N–H and O–H groups in total. The quantitative estimate of drug-likeness (QED) is 0.332. The highest BCUT2D eigenvalue weighted by Gasteiger charge is 2.24. The number of fused-ring (bicyclic) bond motifs is 1. The molecule has 0 spiro atoms. The van der Waals surface area contributed by atoms with Crippen LogP contribution in [-0.2, 0) is 0 Å². The first kappa shape index (κ1) is 21.6. The predicted molar refractivity (Wildman–Crippen MR) is 128 cm³/mol.